The Labute approximate surface area is 187 Å². The van der Waals surface area contributed by atoms with Gasteiger partial charge in [0.15, 0.2) is 0 Å². The molecule has 1 saturated heterocycles. The summed E-state index contributed by atoms with van der Waals surface area (Å²) in [4.78, 5) is 4.10. The van der Waals surface area contributed by atoms with Crippen molar-refractivity contribution in [1.29, 1.82) is 0 Å². The minimum atomic E-state index is -1.04. The Morgan fingerprint density at radius 1 is 1.14 bits per heavy atom. The highest BCUT2D eigenvalue weighted by Crippen LogP contribution is 2.38. The smallest absolute Gasteiger partial charge is 0.215 e. The van der Waals surface area contributed by atoms with E-state index in [-0.39, 0.29) is 6.10 Å². The number of hydrogen-bond donors (Lipinski definition) is 0. The van der Waals surface area contributed by atoms with E-state index in [0.29, 0.717) is 36.4 Å². The van der Waals surface area contributed by atoms with Gasteiger partial charge in [0, 0.05) is 27.5 Å². The van der Waals surface area contributed by atoms with Crippen LogP contribution in [0.15, 0.2) is 65.7 Å². The van der Waals surface area contributed by atoms with Gasteiger partial charge in [0.05, 0.1) is 37.7 Å². The summed E-state index contributed by atoms with van der Waals surface area (Å²) in [6, 6.07) is 13.3. The van der Waals surface area contributed by atoms with Crippen molar-refractivity contribution >= 4 is 39.1 Å². The number of halogens is 3. The molecule has 3 aromatic rings. The summed E-state index contributed by atoms with van der Waals surface area (Å²) >= 11 is 16.0. The van der Waals surface area contributed by atoms with Gasteiger partial charge in [0.1, 0.15) is 6.10 Å². The van der Waals surface area contributed by atoms with Gasteiger partial charge in [-0.1, -0.05) is 57.3 Å². The Bertz CT molecular complexity index is 943. The van der Waals surface area contributed by atoms with Crippen LogP contribution < -0.4 is 0 Å². The lowest BCUT2D eigenvalue weighted by Gasteiger charge is -2.40. The molecule has 152 valence electrons. The quantitative estimate of drug-likeness (QED) is 0.455. The Hall–Kier alpha value is -1.41. The van der Waals surface area contributed by atoms with E-state index < -0.39 is 5.79 Å². The van der Waals surface area contributed by atoms with E-state index in [0.717, 1.165) is 15.6 Å². The molecular weight excluding hydrogens is 479 g/mol. The zero-order valence-corrected chi connectivity index (χ0v) is 18.5. The van der Waals surface area contributed by atoms with E-state index in [1.165, 1.54) is 0 Å². The first kappa shape index (κ1) is 20.8. The van der Waals surface area contributed by atoms with Gasteiger partial charge in [-0.2, -0.15) is 0 Å². The Balaban J connectivity index is 1.48. The third kappa shape index (κ3) is 5.02. The van der Waals surface area contributed by atoms with Crippen molar-refractivity contribution in [3.05, 3.63) is 86.8 Å². The van der Waals surface area contributed by atoms with Crippen molar-refractivity contribution in [3.63, 3.8) is 0 Å². The monoisotopic (exact) mass is 496 g/mol. The second-order valence-corrected chi connectivity index (χ2v) is 8.55. The average molecular weight is 498 g/mol. The van der Waals surface area contributed by atoms with Crippen molar-refractivity contribution in [1.82, 2.24) is 9.55 Å². The van der Waals surface area contributed by atoms with Gasteiger partial charge in [-0.15, -0.1) is 0 Å². The zero-order chi connectivity index (χ0) is 20.3. The normalized spacial score (nSPS) is 22.0. The van der Waals surface area contributed by atoms with Crippen molar-refractivity contribution in [2.45, 2.75) is 25.0 Å². The summed E-state index contributed by atoms with van der Waals surface area (Å²) in [6.07, 6.45) is 5.10. The predicted molar refractivity (Wildman–Crippen MR) is 115 cm³/mol. The molecule has 29 heavy (non-hydrogen) atoms. The summed E-state index contributed by atoms with van der Waals surface area (Å²) in [6.45, 7) is 1.66. The summed E-state index contributed by atoms with van der Waals surface area (Å²) < 4.78 is 21.4. The molecule has 1 fully saturated rings. The maximum atomic E-state index is 6.48. The Kier molecular flexibility index (Phi) is 6.59. The predicted octanol–water partition coefficient (Wildman–Crippen LogP) is 5.44. The van der Waals surface area contributed by atoms with Gasteiger partial charge in [0.25, 0.3) is 0 Å². The molecule has 2 aromatic carbocycles. The van der Waals surface area contributed by atoms with Gasteiger partial charge < -0.3 is 18.8 Å². The van der Waals surface area contributed by atoms with E-state index >= 15 is 0 Å². The molecule has 0 aliphatic carbocycles. The molecule has 1 aliphatic rings. The van der Waals surface area contributed by atoms with Crippen LogP contribution in [0.4, 0.5) is 0 Å². The number of rotatable bonds is 6. The van der Waals surface area contributed by atoms with E-state index in [1.54, 1.807) is 24.7 Å². The van der Waals surface area contributed by atoms with Gasteiger partial charge in [0.2, 0.25) is 5.79 Å². The van der Waals surface area contributed by atoms with Crippen molar-refractivity contribution < 1.29 is 14.2 Å². The highest BCUT2D eigenvalue weighted by atomic mass is 79.9. The first-order valence-electron chi connectivity index (χ1n) is 9.09. The molecule has 5 nitrogen and oxygen atoms in total. The molecule has 2 heterocycles. The molecule has 0 spiro atoms. The first-order chi connectivity index (χ1) is 14.0. The topological polar surface area (TPSA) is 45.5 Å². The van der Waals surface area contributed by atoms with Crippen LogP contribution in [0, 0.1) is 0 Å². The average Bonchev–Trinajstić information content (AvgIpc) is 3.21. The summed E-state index contributed by atoms with van der Waals surface area (Å²) in [5.41, 5.74) is 1.81. The number of ether oxygens (including phenoxy) is 3. The molecule has 4 rings (SSSR count). The van der Waals surface area contributed by atoms with Crippen LogP contribution in [0.25, 0.3) is 0 Å². The maximum Gasteiger partial charge on any atom is 0.215 e. The molecule has 0 atom stereocenters. The fraction of sp³-hybridized carbons (Fsp3) is 0.286. The maximum absolute atomic E-state index is 6.48. The van der Waals surface area contributed by atoms with E-state index in [2.05, 4.69) is 20.9 Å². The largest absolute Gasteiger partial charge is 0.369 e. The van der Waals surface area contributed by atoms with Gasteiger partial charge in [-0.05, 0) is 29.8 Å². The van der Waals surface area contributed by atoms with Crippen LogP contribution in [-0.4, -0.2) is 28.9 Å². The van der Waals surface area contributed by atoms with E-state index in [1.807, 2.05) is 41.1 Å². The lowest BCUT2D eigenvalue weighted by atomic mass is 10.0. The van der Waals surface area contributed by atoms with Crippen molar-refractivity contribution in [2.75, 3.05) is 13.2 Å². The highest BCUT2D eigenvalue weighted by molar-refractivity contribution is 9.10. The Morgan fingerprint density at radius 3 is 2.55 bits per heavy atom. The molecule has 0 unspecified atom stereocenters. The van der Waals surface area contributed by atoms with E-state index in [9.17, 15) is 0 Å². The molecule has 1 aromatic heterocycles. The summed E-state index contributed by atoms with van der Waals surface area (Å²) in [5.74, 6) is -1.04. The van der Waals surface area contributed by atoms with Crippen molar-refractivity contribution in [2.24, 2.45) is 0 Å². The minimum Gasteiger partial charge on any atom is -0.369 e. The zero-order valence-electron chi connectivity index (χ0n) is 15.4. The number of benzene rings is 2. The van der Waals surface area contributed by atoms with Crippen molar-refractivity contribution in [3.8, 4) is 0 Å². The van der Waals surface area contributed by atoms with Gasteiger partial charge in [-0.3, -0.25) is 0 Å². The van der Waals surface area contributed by atoms with Crippen LogP contribution >= 0.6 is 39.1 Å². The molecule has 0 N–H and O–H groups in total. The second-order valence-electron chi connectivity index (χ2n) is 6.79. The van der Waals surface area contributed by atoms with Gasteiger partial charge >= 0.3 is 0 Å². The fourth-order valence-corrected chi connectivity index (χ4v) is 4.00. The fourth-order valence-electron chi connectivity index (χ4n) is 3.19. The molecule has 8 heteroatoms. The van der Waals surface area contributed by atoms with Crippen LogP contribution in [0.1, 0.15) is 11.1 Å². The standard InChI is InChI=1S/C21H19BrCl2N2O3/c22-16-3-1-15(2-4-16)10-27-18-11-28-21(29-12-18,13-26-8-7-25-14-26)19-6-5-17(23)9-20(19)24/h1-9,14,18H,10-13H2/t18-,21+. The van der Waals surface area contributed by atoms with E-state index in [4.69, 9.17) is 37.4 Å². The molecule has 0 saturated carbocycles. The lowest BCUT2D eigenvalue weighted by Crippen LogP contribution is -2.47. The third-order valence-electron chi connectivity index (χ3n) is 4.70. The van der Waals surface area contributed by atoms with Crippen LogP contribution in [0.5, 0.6) is 0 Å². The number of nitrogens with zero attached hydrogens (tertiary/aromatic N) is 2. The van der Waals surface area contributed by atoms with Crippen LogP contribution in [0.2, 0.25) is 10.0 Å². The van der Waals surface area contributed by atoms with Crippen LogP contribution in [0.3, 0.4) is 0 Å². The molecular formula is C21H19BrCl2N2O3. The second kappa shape index (κ2) is 9.16. The summed E-state index contributed by atoms with van der Waals surface area (Å²) in [7, 11) is 0. The minimum absolute atomic E-state index is 0.180. The number of imidazole rings is 1. The Morgan fingerprint density at radius 2 is 1.90 bits per heavy atom. The molecule has 1 aliphatic heterocycles. The summed E-state index contributed by atoms with van der Waals surface area (Å²) in [5, 5.41) is 1.05. The SMILES string of the molecule is Clc1ccc([C@]2(Cn3ccnc3)OC[C@H](OCc3ccc(Br)cc3)CO2)c(Cl)c1. The molecule has 0 radical (unpaired) electrons. The van der Waals surface area contributed by atoms with Gasteiger partial charge in [-0.25, -0.2) is 4.98 Å². The molecule has 0 bridgehead atoms. The third-order valence-corrected chi connectivity index (χ3v) is 5.77. The van der Waals surface area contributed by atoms with Crippen LogP contribution in [-0.2, 0) is 33.1 Å². The highest BCUT2D eigenvalue weighted by Gasteiger charge is 2.42. The lowest BCUT2D eigenvalue weighted by molar-refractivity contribution is -0.313. The number of hydrogen-bond acceptors (Lipinski definition) is 4. The first-order valence-corrected chi connectivity index (χ1v) is 10.6. The molecule has 0 amide bonds. The number of aromatic nitrogens is 2.